The maximum Gasteiger partial charge on any atom is 0.134 e. The minimum Gasteiger partial charge on any atom is -0.507 e. The number of phenols is 1. The Bertz CT molecular complexity index is 507. The fourth-order valence-electron chi connectivity index (χ4n) is 2.80. The number of hydrogen-bond donors (Lipinski definition) is 1. The Balaban J connectivity index is 2.06. The van der Waals surface area contributed by atoms with Crippen molar-refractivity contribution in [2.45, 2.75) is 39.5 Å². The summed E-state index contributed by atoms with van der Waals surface area (Å²) in [5.41, 5.74) is 1.73. The van der Waals surface area contributed by atoms with Crippen LogP contribution in [0.4, 0.5) is 0 Å². The molecule has 0 saturated carbocycles. The minimum absolute atomic E-state index is 0.195. The first-order chi connectivity index (χ1) is 10.1. The highest BCUT2D eigenvalue weighted by Gasteiger charge is 2.27. The van der Waals surface area contributed by atoms with Gasteiger partial charge in [0.1, 0.15) is 17.2 Å². The van der Waals surface area contributed by atoms with Gasteiger partial charge in [-0.25, -0.2) is 0 Å². The van der Waals surface area contributed by atoms with E-state index < -0.39 is 0 Å². The van der Waals surface area contributed by atoms with E-state index in [1.807, 2.05) is 6.07 Å². The molecule has 1 aromatic rings. The molecule has 3 nitrogen and oxygen atoms in total. The molecule has 3 heteroatoms. The van der Waals surface area contributed by atoms with Gasteiger partial charge in [0, 0.05) is 18.1 Å². The van der Waals surface area contributed by atoms with Crippen molar-refractivity contribution < 1.29 is 14.6 Å². The van der Waals surface area contributed by atoms with Crippen molar-refractivity contribution >= 4 is 5.57 Å². The molecular weight excluding hydrogens is 264 g/mol. The highest BCUT2D eigenvalue weighted by molar-refractivity contribution is 5.77. The van der Waals surface area contributed by atoms with Crippen LogP contribution in [-0.2, 0) is 0 Å². The summed E-state index contributed by atoms with van der Waals surface area (Å²) in [6.45, 7) is 9.35. The summed E-state index contributed by atoms with van der Waals surface area (Å²) in [5, 5.41) is 10.2. The Kier molecular flexibility index (Phi) is 5.16. The van der Waals surface area contributed by atoms with Crippen LogP contribution >= 0.6 is 0 Å². The van der Waals surface area contributed by atoms with E-state index in [2.05, 4.69) is 20.4 Å². The van der Waals surface area contributed by atoms with Gasteiger partial charge in [-0.1, -0.05) is 39.7 Å². The van der Waals surface area contributed by atoms with E-state index in [4.69, 9.17) is 9.47 Å². The zero-order valence-corrected chi connectivity index (χ0v) is 13.3. The van der Waals surface area contributed by atoms with Gasteiger partial charge >= 0.3 is 0 Å². The van der Waals surface area contributed by atoms with Crippen molar-refractivity contribution in [3.05, 3.63) is 24.3 Å². The van der Waals surface area contributed by atoms with Crippen LogP contribution in [0.15, 0.2) is 18.7 Å². The number of ether oxygens (including phenoxy) is 2. The Hall–Kier alpha value is -1.64. The second kappa shape index (κ2) is 6.88. The van der Waals surface area contributed by atoms with Crippen molar-refractivity contribution in [2.24, 2.45) is 11.8 Å². The van der Waals surface area contributed by atoms with Crippen LogP contribution in [0.1, 0.15) is 45.1 Å². The Morgan fingerprint density at radius 3 is 2.90 bits per heavy atom. The zero-order chi connectivity index (χ0) is 15.4. The maximum atomic E-state index is 10.2. The van der Waals surface area contributed by atoms with Crippen LogP contribution in [0, 0.1) is 11.8 Å². The average Bonchev–Trinajstić information content (AvgIpc) is 2.48. The maximum absolute atomic E-state index is 10.2. The predicted octanol–water partition coefficient (Wildman–Crippen LogP) is 4.64. The molecule has 0 amide bonds. The van der Waals surface area contributed by atoms with E-state index in [0.717, 1.165) is 23.5 Å². The molecule has 116 valence electrons. The number of rotatable bonds is 6. The van der Waals surface area contributed by atoms with Crippen LogP contribution in [0.5, 0.6) is 17.2 Å². The zero-order valence-electron chi connectivity index (χ0n) is 13.3. The van der Waals surface area contributed by atoms with Gasteiger partial charge in [0.15, 0.2) is 0 Å². The summed E-state index contributed by atoms with van der Waals surface area (Å²) in [4.78, 5) is 0. The number of hydrogen-bond acceptors (Lipinski definition) is 3. The van der Waals surface area contributed by atoms with Crippen LogP contribution < -0.4 is 9.47 Å². The molecule has 0 fully saturated rings. The summed E-state index contributed by atoms with van der Waals surface area (Å²) < 4.78 is 11.0. The molecule has 1 aromatic carbocycles. The van der Waals surface area contributed by atoms with Gasteiger partial charge in [0.05, 0.1) is 19.3 Å². The molecule has 2 atom stereocenters. The van der Waals surface area contributed by atoms with E-state index in [9.17, 15) is 5.11 Å². The molecule has 2 rings (SSSR count). The van der Waals surface area contributed by atoms with E-state index in [1.165, 1.54) is 19.3 Å². The highest BCUT2D eigenvalue weighted by atomic mass is 16.5. The van der Waals surface area contributed by atoms with Gasteiger partial charge in [-0.05, 0) is 17.9 Å². The van der Waals surface area contributed by atoms with Gasteiger partial charge in [-0.2, -0.15) is 0 Å². The third-order valence-electron chi connectivity index (χ3n) is 4.49. The molecule has 1 aliphatic rings. The number of methoxy groups -OCH3 is 1. The monoisotopic (exact) mass is 290 g/mol. The normalized spacial score (nSPS) is 18.8. The lowest BCUT2D eigenvalue weighted by molar-refractivity contribution is 0.251. The second-order valence-electron chi connectivity index (χ2n) is 6.00. The standard InChI is InChI=1S/C18H26O3/c1-5-12(2)7-6-8-14-11-21-17-10-15(20-4)9-16(19)18(17)13(14)3/h9-10,12,14,19H,3,5-8,11H2,1-2,4H3. The number of benzene rings is 1. The average molecular weight is 290 g/mol. The second-order valence-corrected chi connectivity index (χ2v) is 6.00. The number of phenolic OH excluding ortho intramolecular Hbond substituents is 1. The molecule has 21 heavy (non-hydrogen) atoms. The molecular formula is C18H26O3. The van der Waals surface area contributed by atoms with E-state index in [1.54, 1.807) is 13.2 Å². The summed E-state index contributed by atoms with van der Waals surface area (Å²) in [7, 11) is 1.58. The molecule has 0 saturated heterocycles. The molecule has 1 heterocycles. The lowest BCUT2D eigenvalue weighted by atomic mass is 9.86. The van der Waals surface area contributed by atoms with Crippen LogP contribution in [0.2, 0.25) is 0 Å². The minimum atomic E-state index is 0.195. The molecule has 0 aliphatic carbocycles. The Morgan fingerprint density at radius 1 is 1.48 bits per heavy atom. The lowest BCUT2D eigenvalue weighted by Crippen LogP contribution is -2.20. The van der Waals surface area contributed by atoms with Gasteiger partial charge in [-0.3, -0.25) is 0 Å². The lowest BCUT2D eigenvalue weighted by Gasteiger charge is -2.28. The fourth-order valence-corrected chi connectivity index (χ4v) is 2.80. The first-order valence-corrected chi connectivity index (χ1v) is 7.79. The van der Waals surface area contributed by atoms with Gasteiger partial charge in [-0.15, -0.1) is 0 Å². The van der Waals surface area contributed by atoms with Gasteiger partial charge < -0.3 is 14.6 Å². The Morgan fingerprint density at radius 2 is 2.24 bits per heavy atom. The highest BCUT2D eigenvalue weighted by Crippen LogP contribution is 2.44. The SMILES string of the molecule is C=C1c2c(O)cc(OC)cc2OCC1CCCC(C)CC. The van der Waals surface area contributed by atoms with E-state index in [0.29, 0.717) is 24.0 Å². The quantitative estimate of drug-likeness (QED) is 0.829. The molecule has 0 spiro atoms. The van der Waals surface area contributed by atoms with Crippen LogP contribution in [0.3, 0.4) is 0 Å². The van der Waals surface area contributed by atoms with Crippen LogP contribution in [-0.4, -0.2) is 18.8 Å². The summed E-state index contributed by atoms with van der Waals surface area (Å²) in [6, 6.07) is 3.44. The molecule has 1 N–H and O–H groups in total. The first kappa shape index (κ1) is 15.7. The van der Waals surface area contributed by atoms with Crippen molar-refractivity contribution in [2.75, 3.05) is 13.7 Å². The Labute approximate surface area is 127 Å². The van der Waals surface area contributed by atoms with Crippen molar-refractivity contribution in [3.63, 3.8) is 0 Å². The number of aromatic hydroxyl groups is 1. The third-order valence-corrected chi connectivity index (χ3v) is 4.49. The van der Waals surface area contributed by atoms with Crippen LogP contribution in [0.25, 0.3) is 5.57 Å². The molecule has 0 aromatic heterocycles. The largest absolute Gasteiger partial charge is 0.507 e. The summed E-state index contributed by atoms with van der Waals surface area (Å²) in [5.74, 6) is 2.54. The van der Waals surface area contributed by atoms with Gasteiger partial charge in [0.25, 0.3) is 0 Å². The molecule has 2 unspecified atom stereocenters. The first-order valence-electron chi connectivity index (χ1n) is 7.79. The smallest absolute Gasteiger partial charge is 0.134 e. The van der Waals surface area contributed by atoms with Gasteiger partial charge in [0.2, 0.25) is 0 Å². The summed E-state index contributed by atoms with van der Waals surface area (Å²) in [6.07, 6.45) is 4.70. The topological polar surface area (TPSA) is 38.7 Å². The fraction of sp³-hybridized carbons (Fsp3) is 0.556. The molecule has 0 bridgehead atoms. The molecule has 0 radical (unpaired) electrons. The van der Waals surface area contributed by atoms with Crippen molar-refractivity contribution in [3.8, 4) is 17.2 Å². The predicted molar refractivity (Wildman–Crippen MR) is 86.0 cm³/mol. The summed E-state index contributed by atoms with van der Waals surface area (Å²) >= 11 is 0. The number of fused-ring (bicyclic) bond motifs is 1. The van der Waals surface area contributed by atoms with Crippen molar-refractivity contribution in [1.29, 1.82) is 0 Å². The van der Waals surface area contributed by atoms with E-state index in [-0.39, 0.29) is 5.75 Å². The third kappa shape index (κ3) is 3.52. The van der Waals surface area contributed by atoms with Crippen molar-refractivity contribution in [1.82, 2.24) is 0 Å². The molecule has 1 aliphatic heterocycles. The van der Waals surface area contributed by atoms with E-state index >= 15 is 0 Å².